The Labute approximate surface area is 99.0 Å². The van der Waals surface area contributed by atoms with E-state index < -0.39 is 5.91 Å². The molecular formula is C11H16N2O2S. The molecule has 5 heteroatoms. The van der Waals surface area contributed by atoms with Gasteiger partial charge in [-0.05, 0) is 17.7 Å². The fourth-order valence-electron chi connectivity index (χ4n) is 1.16. The topological polar surface area (TPSA) is 89.3 Å². The van der Waals surface area contributed by atoms with Crippen LogP contribution in [0.25, 0.3) is 0 Å². The minimum Gasteiger partial charge on any atom is -0.398 e. The van der Waals surface area contributed by atoms with Gasteiger partial charge in [0.1, 0.15) is 0 Å². The van der Waals surface area contributed by atoms with Crippen molar-refractivity contribution in [2.45, 2.75) is 17.9 Å². The average Bonchev–Trinajstić information content (AvgIpc) is 2.26. The molecule has 0 aromatic heterocycles. The number of aliphatic hydroxyl groups excluding tert-OH is 1. The summed E-state index contributed by atoms with van der Waals surface area (Å²) in [5, 5.41) is 9.06. The van der Waals surface area contributed by atoms with E-state index in [4.69, 9.17) is 16.6 Å². The van der Waals surface area contributed by atoms with E-state index >= 15 is 0 Å². The van der Waals surface area contributed by atoms with Gasteiger partial charge >= 0.3 is 0 Å². The number of hydrogen-bond donors (Lipinski definition) is 3. The van der Waals surface area contributed by atoms with E-state index in [1.54, 1.807) is 30.0 Å². The Kier molecular flexibility index (Phi) is 4.64. The maximum Gasteiger partial charge on any atom is 0.248 e. The number of anilines is 1. The van der Waals surface area contributed by atoms with Crippen LogP contribution in [0, 0.1) is 0 Å². The van der Waals surface area contributed by atoms with Gasteiger partial charge in [0.15, 0.2) is 0 Å². The Morgan fingerprint density at radius 3 is 2.75 bits per heavy atom. The number of hydrogen-bond acceptors (Lipinski definition) is 4. The van der Waals surface area contributed by atoms with E-state index in [9.17, 15) is 4.79 Å². The molecule has 0 aliphatic rings. The lowest BCUT2D eigenvalue weighted by Crippen LogP contribution is -2.11. The fourth-order valence-corrected chi connectivity index (χ4v) is 2.00. The molecule has 0 heterocycles. The zero-order chi connectivity index (χ0) is 12.1. The number of carbonyl (C=O) groups excluding carboxylic acids is 1. The molecule has 1 atom stereocenters. The minimum atomic E-state index is -0.477. The Bertz CT molecular complexity index is 382. The summed E-state index contributed by atoms with van der Waals surface area (Å²) >= 11 is 1.61. The molecule has 0 saturated heterocycles. The van der Waals surface area contributed by atoms with Gasteiger partial charge in [-0.2, -0.15) is 11.8 Å². The number of benzene rings is 1. The summed E-state index contributed by atoms with van der Waals surface area (Å²) in [5.74, 6) is 0.238. The predicted molar refractivity (Wildman–Crippen MR) is 67.2 cm³/mol. The lowest BCUT2D eigenvalue weighted by Gasteiger charge is -2.10. The normalized spacial score (nSPS) is 12.4. The number of primary amides is 1. The highest BCUT2D eigenvalue weighted by atomic mass is 32.2. The van der Waals surface area contributed by atoms with Gasteiger partial charge in [0, 0.05) is 22.3 Å². The molecule has 0 saturated carbocycles. The van der Waals surface area contributed by atoms with Gasteiger partial charge in [0.05, 0.1) is 6.61 Å². The van der Waals surface area contributed by atoms with Crippen molar-refractivity contribution in [1.82, 2.24) is 0 Å². The van der Waals surface area contributed by atoms with Crippen LogP contribution >= 0.6 is 11.8 Å². The molecule has 4 nitrogen and oxygen atoms in total. The average molecular weight is 240 g/mol. The highest BCUT2D eigenvalue weighted by Crippen LogP contribution is 2.22. The second-order valence-electron chi connectivity index (χ2n) is 3.58. The van der Waals surface area contributed by atoms with E-state index in [2.05, 4.69) is 0 Å². The van der Waals surface area contributed by atoms with Crippen LogP contribution in [0.4, 0.5) is 5.69 Å². The monoisotopic (exact) mass is 240 g/mol. The Morgan fingerprint density at radius 1 is 1.56 bits per heavy atom. The minimum absolute atomic E-state index is 0.143. The highest BCUT2D eigenvalue weighted by Gasteiger charge is 2.07. The fraction of sp³-hybridized carbons (Fsp3) is 0.364. The highest BCUT2D eigenvalue weighted by molar-refractivity contribution is 7.99. The van der Waals surface area contributed by atoms with Crippen molar-refractivity contribution in [2.24, 2.45) is 5.73 Å². The van der Waals surface area contributed by atoms with Gasteiger partial charge in [0.2, 0.25) is 5.91 Å². The summed E-state index contributed by atoms with van der Waals surface area (Å²) in [6, 6.07) is 5.05. The third-order valence-corrected chi connectivity index (χ3v) is 3.41. The molecule has 16 heavy (non-hydrogen) atoms. The quantitative estimate of drug-likeness (QED) is 0.669. The molecule has 88 valence electrons. The SMILES string of the molecule is CC(CO)SCc1ccc(C(N)=O)cc1N. The van der Waals surface area contributed by atoms with Crippen molar-refractivity contribution in [3.63, 3.8) is 0 Å². The lowest BCUT2D eigenvalue weighted by molar-refractivity contribution is 0.100. The Hall–Kier alpha value is -1.20. The number of carbonyl (C=O) groups is 1. The first-order valence-corrected chi connectivity index (χ1v) is 6.00. The van der Waals surface area contributed by atoms with Crippen molar-refractivity contribution in [2.75, 3.05) is 12.3 Å². The third-order valence-electron chi connectivity index (χ3n) is 2.21. The van der Waals surface area contributed by atoms with E-state index in [0.29, 0.717) is 17.0 Å². The number of nitrogens with two attached hydrogens (primary N) is 2. The van der Waals surface area contributed by atoms with Gasteiger partial charge in [-0.1, -0.05) is 13.0 Å². The summed E-state index contributed by atoms with van der Waals surface area (Å²) in [7, 11) is 0. The molecule has 0 aliphatic carbocycles. The summed E-state index contributed by atoms with van der Waals surface area (Å²) in [6.45, 7) is 2.09. The first kappa shape index (κ1) is 12.9. The Morgan fingerprint density at radius 2 is 2.25 bits per heavy atom. The van der Waals surface area contributed by atoms with E-state index in [0.717, 1.165) is 5.56 Å². The largest absolute Gasteiger partial charge is 0.398 e. The molecule has 0 fully saturated rings. The van der Waals surface area contributed by atoms with Crippen LogP contribution in [0.15, 0.2) is 18.2 Å². The first-order valence-electron chi connectivity index (χ1n) is 4.95. The van der Waals surface area contributed by atoms with Crippen LogP contribution in [0.3, 0.4) is 0 Å². The molecule has 0 spiro atoms. The van der Waals surface area contributed by atoms with E-state index in [1.165, 1.54) is 0 Å². The summed E-state index contributed by atoms with van der Waals surface area (Å²) in [4.78, 5) is 10.9. The van der Waals surface area contributed by atoms with Crippen molar-refractivity contribution >= 4 is 23.4 Å². The third kappa shape index (κ3) is 3.43. The van der Waals surface area contributed by atoms with Gasteiger partial charge < -0.3 is 16.6 Å². The second kappa shape index (κ2) is 5.77. The molecule has 1 aromatic carbocycles. The van der Waals surface area contributed by atoms with Gasteiger partial charge in [-0.15, -0.1) is 0 Å². The predicted octanol–water partition coefficient (Wildman–Crippen LogP) is 0.982. The lowest BCUT2D eigenvalue weighted by atomic mass is 10.1. The zero-order valence-electron chi connectivity index (χ0n) is 9.14. The van der Waals surface area contributed by atoms with Crippen LogP contribution < -0.4 is 11.5 Å². The van der Waals surface area contributed by atoms with Gasteiger partial charge in [0.25, 0.3) is 0 Å². The van der Waals surface area contributed by atoms with Crippen molar-refractivity contribution in [3.8, 4) is 0 Å². The first-order chi connectivity index (χ1) is 7.54. The molecule has 0 radical (unpaired) electrons. The Balaban J connectivity index is 2.72. The zero-order valence-corrected chi connectivity index (χ0v) is 9.96. The maximum absolute atomic E-state index is 10.9. The van der Waals surface area contributed by atoms with Crippen LogP contribution in [0.2, 0.25) is 0 Å². The molecule has 1 aromatic rings. The van der Waals surface area contributed by atoms with Crippen molar-refractivity contribution < 1.29 is 9.90 Å². The number of thioether (sulfide) groups is 1. The standard InChI is InChI=1S/C11H16N2O2S/c1-7(5-14)16-6-9-3-2-8(11(13)15)4-10(9)12/h2-4,7,14H,5-6,12H2,1H3,(H2,13,15). The van der Waals surface area contributed by atoms with Crippen LogP contribution in [0.1, 0.15) is 22.8 Å². The van der Waals surface area contributed by atoms with Crippen LogP contribution in [0.5, 0.6) is 0 Å². The number of aliphatic hydroxyl groups is 1. The van der Waals surface area contributed by atoms with Crippen molar-refractivity contribution in [1.29, 1.82) is 0 Å². The molecule has 5 N–H and O–H groups in total. The van der Waals surface area contributed by atoms with Crippen molar-refractivity contribution in [3.05, 3.63) is 29.3 Å². The second-order valence-corrected chi connectivity index (χ2v) is 5.01. The van der Waals surface area contributed by atoms with Crippen LogP contribution in [-0.4, -0.2) is 22.9 Å². The number of amides is 1. The maximum atomic E-state index is 10.9. The number of rotatable bonds is 5. The molecule has 1 amide bonds. The van der Waals surface area contributed by atoms with E-state index in [-0.39, 0.29) is 11.9 Å². The van der Waals surface area contributed by atoms with Gasteiger partial charge in [-0.3, -0.25) is 4.79 Å². The van der Waals surface area contributed by atoms with Gasteiger partial charge in [-0.25, -0.2) is 0 Å². The number of nitrogen functional groups attached to an aromatic ring is 1. The molecule has 0 aliphatic heterocycles. The molecule has 1 rings (SSSR count). The molecule has 0 bridgehead atoms. The molecular weight excluding hydrogens is 224 g/mol. The summed E-state index contributed by atoms with van der Waals surface area (Å²) < 4.78 is 0. The smallest absolute Gasteiger partial charge is 0.248 e. The van der Waals surface area contributed by atoms with E-state index in [1.807, 2.05) is 6.92 Å². The van der Waals surface area contributed by atoms with Crippen LogP contribution in [-0.2, 0) is 5.75 Å². The molecule has 1 unspecified atom stereocenters. The summed E-state index contributed by atoms with van der Waals surface area (Å²) in [6.07, 6.45) is 0. The summed E-state index contributed by atoms with van der Waals surface area (Å²) in [5.41, 5.74) is 12.9.